The average molecular weight is 446 g/mol. The topological polar surface area (TPSA) is 64.6 Å². The molecule has 1 atom stereocenters. The fourth-order valence-corrected chi connectivity index (χ4v) is 4.61. The van der Waals surface area contributed by atoms with E-state index in [-0.39, 0.29) is 12.4 Å². The van der Waals surface area contributed by atoms with Crippen LogP contribution in [0.4, 0.5) is 0 Å². The Bertz CT molecular complexity index is 1080. The molecular formula is C28H31NO4. The number of ether oxygens (including phenoxy) is 2. The minimum absolute atomic E-state index is 0.0844. The van der Waals surface area contributed by atoms with Crippen LogP contribution in [0.25, 0.3) is 0 Å². The van der Waals surface area contributed by atoms with Gasteiger partial charge in [-0.15, -0.1) is 0 Å². The lowest BCUT2D eigenvalue weighted by Gasteiger charge is -2.34. The largest absolute Gasteiger partial charge is 0.493 e. The Morgan fingerprint density at radius 2 is 1.79 bits per heavy atom. The molecule has 1 unspecified atom stereocenters. The molecule has 5 nitrogen and oxygen atoms in total. The summed E-state index contributed by atoms with van der Waals surface area (Å²) in [5, 5.41) is 3.35. The van der Waals surface area contributed by atoms with Gasteiger partial charge in [-0.2, -0.15) is 0 Å². The molecule has 2 aromatic rings. The molecule has 4 rings (SSSR count). The molecule has 0 radical (unpaired) electrons. The predicted octanol–water partition coefficient (Wildman–Crippen LogP) is 5.23. The molecule has 5 heteroatoms. The summed E-state index contributed by atoms with van der Waals surface area (Å²) in [5.41, 5.74) is 4.77. The SMILES string of the molecule is CCCOc1ccccc1C1C(C(=O)OCCc2ccccc2)=C(C)NC2=C1C(=O)CCC2. The van der Waals surface area contributed by atoms with Gasteiger partial charge in [-0.1, -0.05) is 55.5 Å². The Kier molecular flexibility index (Phi) is 7.28. The highest BCUT2D eigenvalue weighted by molar-refractivity contribution is 6.04. The Hall–Kier alpha value is -3.34. The highest BCUT2D eigenvalue weighted by Crippen LogP contribution is 2.45. The number of dihydropyridines is 1. The molecule has 0 saturated carbocycles. The maximum absolute atomic E-state index is 13.4. The molecule has 2 aromatic carbocycles. The first-order valence-electron chi connectivity index (χ1n) is 11.8. The molecule has 0 fully saturated rings. The van der Waals surface area contributed by atoms with Crippen molar-refractivity contribution < 1.29 is 19.1 Å². The van der Waals surface area contributed by atoms with Gasteiger partial charge >= 0.3 is 5.97 Å². The van der Waals surface area contributed by atoms with Gasteiger partial charge in [-0.25, -0.2) is 4.79 Å². The predicted molar refractivity (Wildman–Crippen MR) is 128 cm³/mol. The van der Waals surface area contributed by atoms with E-state index in [9.17, 15) is 9.59 Å². The molecule has 172 valence electrons. The maximum Gasteiger partial charge on any atom is 0.336 e. The van der Waals surface area contributed by atoms with E-state index in [2.05, 4.69) is 12.2 Å². The molecule has 0 spiro atoms. The van der Waals surface area contributed by atoms with Gasteiger partial charge in [0.2, 0.25) is 0 Å². The van der Waals surface area contributed by atoms with Gasteiger partial charge in [0.05, 0.1) is 24.7 Å². The summed E-state index contributed by atoms with van der Waals surface area (Å²) in [6.07, 6.45) is 3.61. The van der Waals surface area contributed by atoms with E-state index < -0.39 is 11.9 Å². The quantitative estimate of drug-likeness (QED) is 0.564. The number of esters is 1. The maximum atomic E-state index is 13.4. The van der Waals surface area contributed by atoms with Crippen LogP contribution in [0, 0.1) is 0 Å². The van der Waals surface area contributed by atoms with Crippen LogP contribution in [0.1, 0.15) is 56.6 Å². The number of para-hydroxylation sites is 1. The second kappa shape index (κ2) is 10.5. The molecular weight excluding hydrogens is 414 g/mol. The normalized spacial score (nSPS) is 18.0. The summed E-state index contributed by atoms with van der Waals surface area (Å²) in [7, 11) is 0. The number of Topliss-reactive ketones (excluding diaryl/α,β-unsaturated/α-hetero) is 1. The lowest BCUT2D eigenvalue weighted by atomic mass is 9.75. The Morgan fingerprint density at radius 1 is 1.03 bits per heavy atom. The molecule has 1 heterocycles. The fourth-order valence-electron chi connectivity index (χ4n) is 4.61. The monoisotopic (exact) mass is 445 g/mol. The fraction of sp³-hybridized carbons (Fsp3) is 0.357. The Balaban J connectivity index is 1.67. The third-order valence-corrected chi connectivity index (χ3v) is 6.15. The summed E-state index contributed by atoms with van der Waals surface area (Å²) >= 11 is 0. The number of allylic oxidation sites excluding steroid dienone is 3. The molecule has 0 amide bonds. The zero-order chi connectivity index (χ0) is 23.2. The first-order chi connectivity index (χ1) is 16.1. The zero-order valence-corrected chi connectivity index (χ0v) is 19.4. The zero-order valence-electron chi connectivity index (χ0n) is 19.4. The van der Waals surface area contributed by atoms with E-state index in [1.807, 2.05) is 61.5 Å². The smallest absolute Gasteiger partial charge is 0.336 e. The lowest BCUT2D eigenvalue weighted by Crippen LogP contribution is -2.34. The average Bonchev–Trinajstić information content (AvgIpc) is 2.83. The third-order valence-electron chi connectivity index (χ3n) is 6.15. The van der Waals surface area contributed by atoms with Crippen LogP contribution in [0.15, 0.2) is 77.1 Å². The van der Waals surface area contributed by atoms with E-state index in [1.54, 1.807) is 0 Å². The standard InChI is InChI=1S/C28H31NO4/c1-3-17-32-24-15-8-7-12-21(24)26-25(19(2)29-22-13-9-14-23(30)27(22)26)28(31)33-18-16-20-10-5-4-6-11-20/h4-8,10-12,15,26,29H,3,9,13-14,16-18H2,1-2H3. The second-order valence-electron chi connectivity index (χ2n) is 8.52. The number of hydrogen-bond donors (Lipinski definition) is 1. The van der Waals surface area contributed by atoms with Gasteiger partial charge in [-0.3, -0.25) is 4.79 Å². The summed E-state index contributed by atoms with van der Waals surface area (Å²) in [4.78, 5) is 26.5. The van der Waals surface area contributed by atoms with Crippen LogP contribution in [0.3, 0.4) is 0 Å². The van der Waals surface area contributed by atoms with E-state index >= 15 is 0 Å². The molecule has 1 N–H and O–H groups in total. The number of hydrogen-bond acceptors (Lipinski definition) is 5. The van der Waals surface area contributed by atoms with Crippen molar-refractivity contribution in [1.82, 2.24) is 5.32 Å². The number of rotatable bonds is 8. The van der Waals surface area contributed by atoms with Crippen LogP contribution in [0.2, 0.25) is 0 Å². The number of carbonyl (C=O) groups excluding carboxylic acids is 2. The van der Waals surface area contributed by atoms with Crippen LogP contribution >= 0.6 is 0 Å². The Morgan fingerprint density at radius 3 is 2.58 bits per heavy atom. The van der Waals surface area contributed by atoms with Crippen molar-refractivity contribution in [2.45, 2.75) is 51.9 Å². The minimum atomic E-state index is -0.494. The lowest BCUT2D eigenvalue weighted by molar-refractivity contribution is -0.139. The summed E-state index contributed by atoms with van der Waals surface area (Å²) in [5.74, 6) is -0.0949. The molecule has 0 saturated heterocycles. The van der Waals surface area contributed by atoms with Crippen molar-refractivity contribution in [2.24, 2.45) is 0 Å². The summed E-state index contributed by atoms with van der Waals surface area (Å²) < 4.78 is 11.8. The molecule has 1 aliphatic heterocycles. The summed E-state index contributed by atoms with van der Waals surface area (Å²) in [6, 6.07) is 17.7. The molecule has 0 bridgehead atoms. The molecule has 0 aromatic heterocycles. The first kappa shape index (κ1) is 22.8. The second-order valence-corrected chi connectivity index (χ2v) is 8.52. The highest BCUT2D eigenvalue weighted by Gasteiger charge is 2.40. The third kappa shape index (κ3) is 5.03. The van der Waals surface area contributed by atoms with E-state index in [0.717, 1.165) is 41.8 Å². The minimum Gasteiger partial charge on any atom is -0.493 e. The summed E-state index contributed by atoms with van der Waals surface area (Å²) in [6.45, 7) is 4.79. The molecule has 1 aliphatic carbocycles. The first-order valence-corrected chi connectivity index (χ1v) is 11.8. The van der Waals surface area contributed by atoms with Crippen molar-refractivity contribution in [3.05, 3.63) is 88.3 Å². The molecule has 33 heavy (non-hydrogen) atoms. The highest BCUT2D eigenvalue weighted by atomic mass is 16.5. The molecule has 2 aliphatic rings. The van der Waals surface area contributed by atoms with Crippen molar-refractivity contribution in [2.75, 3.05) is 13.2 Å². The van der Waals surface area contributed by atoms with Gasteiger partial charge in [-0.05, 0) is 37.8 Å². The van der Waals surface area contributed by atoms with Gasteiger partial charge in [0.1, 0.15) is 5.75 Å². The van der Waals surface area contributed by atoms with Crippen LogP contribution in [0.5, 0.6) is 5.75 Å². The van der Waals surface area contributed by atoms with Gasteiger partial charge in [0, 0.05) is 35.4 Å². The van der Waals surface area contributed by atoms with Gasteiger partial charge in [0.25, 0.3) is 0 Å². The van der Waals surface area contributed by atoms with Crippen molar-refractivity contribution in [1.29, 1.82) is 0 Å². The number of ketones is 1. The van der Waals surface area contributed by atoms with E-state index in [4.69, 9.17) is 9.47 Å². The van der Waals surface area contributed by atoms with E-state index in [0.29, 0.717) is 36.3 Å². The van der Waals surface area contributed by atoms with Crippen molar-refractivity contribution >= 4 is 11.8 Å². The number of nitrogens with one attached hydrogen (secondary N) is 1. The van der Waals surface area contributed by atoms with Crippen molar-refractivity contribution in [3.8, 4) is 5.75 Å². The van der Waals surface area contributed by atoms with Crippen LogP contribution < -0.4 is 10.1 Å². The van der Waals surface area contributed by atoms with Crippen molar-refractivity contribution in [3.63, 3.8) is 0 Å². The van der Waals surface area contributed by atoms with Gasteiger partial charge in [0.15, 0.2) is 5.78 Å². The van der Waals surface area contributed by atoms with Crippen LogP contribution in [-0.2, 0) is 20.7 Å². The Labute approximate surface area is 195 Å². The van der Waals surface area contributed by atoms with E-state index in [1.165, 1.54) is 0 Å². The van der Waals surface area contributed by atoms with Gasteiger partial charge < -0.3 is 14.8 Å². The van der Waals surface area contributed by atoms with Crippen LogP contribution in [-0.4, -0.2) is 25.0 Å². The number of benzene rings is 2. The number of carbonyl (C=O) groups is 2.